The Kier molecular flexibility index (Phi) is 6.79. The van der Waals surface area contributed by atoms with Crippen LogP contribution in [0.15, 0.2) is 53.0 Å². The number of allylic oxidation sites excluding steroid dienone is 2. The first-order valence-electron chi connectivity index (χ1n) is 10.0. The van der Waals surface area contributed by atoms with E-state index < -0.39 is 6.04 Å². The van der Waals surface area contributed by atoms with Crippen LogP contribution in [0, 0.1) is 0 Å². The van der Waals surface area contributed by atoms with E-state index >= 15 is 0 Å². The molecule has 1 aromatic rings. The zero-order chi connectivity index (χ0) is 22.5. The average Bonchev–Trinajstić information content (AvgIpc) is 3.10. The second kappa shape index (κ2) is 9.51. The van der Waals surface area contributed by atoms with Crippen LogP contribution in [0.1, 0.15) is 25.3 Å². The van der Waals surface area contributed by atoms with Crippen LogP contribution in [-0.4, -0.2) is 50.2 Å². The van der Waals surface area contributed by atoms with E-state index in [0.29, 0.717) is 36.6 Å². The SMILES string of the molecule is C=C/C=C(\N=C)NC(=O)[C@H](CCC)N1CC2=C(Oc3c(OC)ccc(OC)c3C2)C1=O. The van der Waals surface area contributed by atoms with Crippen molar-refractivity contribution in [1.29, 1.82) is 0 Å². The summed E-state index contributed by atoms with van der Waals surface area (Å²) in [6.07, 6.45) is 4.74. The summed E-state index contributed by atoms with van der Waals surface area (Å²) in [5.41, 5.74) is 1.63. The fraction of sp³-hybridized carbons (Fsp3) is 0.348. The van der Waals surface area contributed by atoms with Gasteiger partial charge in [-0.05, 0) is 31.3 Å². The Balaban J connectivity index is 1.87. The highest BCUT2D eigenvalue weighted by atomic mass is 16.5. The molecule has 0 saturated carbocycles. The second-order valence-corrected chi connectivity index (χ2v) is 7.16. The van der Waals surface area contributed by atoms with E-state index in [1.165, 1.54) is 6.08 Å². The number of benzene rings is 1. The number of methoxy groups -OCH3 is 2. The van der Waals surface area contributed by atoms with Crippen molar-refractivity contribution in [1.82, 2.24) is 10.2 Å². The van der Waals surface area contributed by atoms with Crippen LogP contribution in [0.5, 0.6) is 17.2 Å². The number of nitrogens with zero attached hydrogens (tertiary/aromatic N) is 2. The molecule has 0 fully saturated rings. The van der Waals surface area contributed by atoms with Gasteiger partial charge in [0.1, 0.15) is 17.6 Å². The van der Waals surface area contributed by atoms with Crippen LogP contribution >= 0.6 is 0 Å². The molecule has 0 saturated heterocycles. The van der Waals surface area contributed by atoms with Gasteiger partial charge < -0.3 is 24.4 Å². The summed E-state index contributed by atoms with van der Waals surface area (Å²) in [6, 6.07) is 2.88. The van der Waals surface area contributed by atoms with Gasteiger partial charge in [0.15, 0.2) is 17.3 Å². The summed E-state index contributed by atoms with van der Waals surface area (Å²) in [5, 5.41) is 2.71. The molecule has 0 unspecified atom stereocenters. The molecule has 2 aliphatic rings. The Morgan fingerprint density at radius 3 is 2.68 bits per heavy atom. The summed E-state index contributed by atoms with van der Waals surface area (Å²) in [5.74, 6) is 1.53. The number of fused-ring (bicyclic) bond motifs is 1. The Labute approximate surface area is 181 Å². The Hall–Kier alpha value is -3.55. The lowest BCUT2D eigenvalue weighted by Crippen LogP contribution is -2.48. The van der Waals surface area contributed by atoms with Crippen molar-refractivity contribution in [2.75, 3.05) is 20.8 Å². The van der Waals surface area contributed by atoms with Crippen molar-refractivity contribution in [2.24, 2.45) is 4.99 Å². The highest BCUT2D eigenvalue weighted by Crippen LogP contribution is 2.45. The van der Waals surface area contributed by atoms with Crippen LogP contribution in [-0.2, 0) is 16.0 Å². The number of nitrogens with one attached hydrogen (secondary N) is 1. The minimum atomic E-state index is -0.673. The number of amides is 2. The quantitative estimate of drug-likeness (QED) is 0.485. The van der Waals surface area contributed by atoms with Gasteiger partial charge in [0.25, 0.3) is 5.91 Å². The standard InChI is InChI=1S/C23H27N3O5/c1-6-8-16(22(27)25-19(24-3)9-7-2)26-13-14-12-15-17(29-4)10-11-18(30-5)21(15)31-20(14)23(26)28/h7,9-11,16H,2-3,6,8,12-13H2,1,4-5H3,(H,25,27)/b19-9+/t16-/m0/s1. The summed E-state index contributed by atoms with van der Waals surface area (Å²) in [4.78, 5) is 31.5. The molecule has 1 aromatic carbocycles. The summed E-state index contributed by atoms with van der Waals surface area (Å²) in [7, 11) is 3.13. The minimum absolute atomic E-state index is 0.247. The maximum Gasteiger partial charge on any atom is 0.290 e. The monoisotopic (exact) mass is 425 g/mol. The molecule has 2 amide bonds. The van der Waals surface area contributed by atoms with Crippen molar-refractivity contribution < 1.29 is 23.8 Å². The van der Waals surface area contributed by atoms with E-state index in [0.717, 1.165) is 17.6 Å². The predicted molar refractivity (Wildman–Crippen MR) is 117 cm³/mol. The van der Waals surface area contributed by atoms with E-state index in [1.807, 2.05) is 13.0 Å². The molecule has 31 heavy (non-hydrogen) atoms. The molecule has 3 rings (SSSR count). The van der Waals surface area contributed by atoms with Crippen molar-refractivity contribution in [3.8, 4) is 17.2 Å². The van der Waals surface area contributed by atoms with Gasteiger partial charge in [0, 0.05) is 24.1 Å². The molecule has 8 heteroatoms. The topological polar surface area (TPSA) is 89.5 Å². The number of hydrogen-bond donors (Lipinski definition) is 1. The van der Waals surface area contributed by atoms with Crippen molar-refractivity contribution in [2.45, 2.75) is 32.2 Å². The fourth-order valence-corrected chi connectivity index (χ4v) is 3.83. The van der Waals surface area contributed by atoms with Crippen LogP contribution < -0.4 is 19.5 Å². The van der Waals surface area contributed by atoms with Crippen LogP contribution in [0.3, 0.4) is 0 Å². The van der Waals surface area contributed by atoms with E-state index in [9.17, 15) is 9.59 Å². The zero-order valence-corrected chi connectivity index (χ0v) is 18.1. The van der Waals surface area contributed by atoms with Gasteiger partial charge in [-0.3, -0.25) is 9.59 Å². The molecule has 0 radical (unpaired) electrons. The number of carbonyl (C=O) groups excluding carboxylic acids is 2. The number of carbonyl (C=O) groups is 2. The van der Waals surface area contributed by atoms with Crippen LogP contribution in [0.2, 0.25) is 0 Å². The first kappa shape index (κ1) is 22.1. The number of rotatable bonds is 9. The first-order chi connectivity index (χ1) is 15.0. The van der Waals surface area contributed by atoms with Crippen LogP contribution in [0.25, 0.3) is 0 Å². The molecule has 0 spiro atoms. The Morgan fingerprint density at radius 1 is 1.35 bits per heavy atom. The first-order valence-corrected chi connectivity index (χ1v) is 10.0. The van der Waals surface area contributed by atoms with Crippen LogP contribution in [0.4, 0.5) is 0 Å². The smallest absolute Gasteiger partial charge is 0.290 e. The molecule has 8 nitrogen and oxygen atoms in total. The number of hydrogen-bond acceptors (Lipinski definition) is 6. The van der Waals surface area contributed by atoms with Crippen molar-refractivity contribution >= 4 is 18.5 Å². The second-order valence-electron chi connectivity index (χ2n) is 7.16. The maximum atomic E-state index is 13.2. The normalized spacial score (nSPS) is 16.2. The van der Waals surface area contributed by atoms with E-state index in [2.05, 4.69) is 23.6 Å². The third kappa shape index (κ3) is 4.19. The third-order valence-electron chi connectivity index (χ3n) is 5.29. The average molecular weight is 425 g/mol. The maximum absolute atomic E-state index is 13.2. The largest absolute Gasteiger partial charge is 0.496 e. The summed E-state index contributed by atoms with van der Waals surface area (Å²) < 4.78 is 16.9. The minimum Gasteiger partial charge on any atom is -0.496 e. The molecular weight excluding hydrogens is 398 g/mol. The van der Waals surface area contributed by atoms with Gasteiger partial charge >= 0.3 is 0 Å². The molecule has 2 aliphatic heterocycles. The molecule has 164 valence electrons. The summed E-state index contributed by atoms with van der Waals surface area (Å²) in [6.45, 7) is 9.31. The number of ether oxygens (including phenoxy) is 3. The molecule has 1 N–H and O–H groups in total. The lowest BCUT2D eigenvalue weighted by molar-refractivity contribution is -0.137. The van der Waals surface area contributed by atoms with Gasteiger partial charge in [-0.15, -0.1) is 0 Å². The van der Waals surface area contributed by atoms with Gasteiger partial charge in [-0.25, -0.2) is 4.99 Å². The van der Waals surface area contributed by atoms with Crippen molar-refractivity contribution in [3.05, 3.63) is 53.6 Å². The summed E-state index contributed by atoms with van der Waals surface area (Å²) >= 11 is 0. The molecule has 0 aromatic heterocycles. The fourth-order valence-electron chi connectivity index (χ4n) is 3.83. The van der Waals surface area contributed by atoms with Crippen molar-refractivity contribution in [3.63, 3.8) is 0 Å². The van der Waals surface area contributed by atoms with Gasteiger partial charge in [0.05, 0.1) is 14.2 Å². The molecule has 1 atom stereocenters. The Morgan fingerprint density at radius 2 is 2.06 bits per heavy atom. The lowest BCUT2D eigenvalue weighted by Gasteiger charge is -2.27. The molecular formula is C23H27N3O5. The molecule has 0 aliphatic carbocycles. The van der Waals surface area contributed by atoms with E-state index in [-0.39, 0.29) is 23.4 Å². The van der Waals surface area contributed by atoms with Gasteiger partial charge in [-0.2, -0.15) is 0 Å². The highest BCUT2D eigenvalue weighted by molar-refractivity contribution is 6.00. The Bertz CT molecular complexity index is 980. The number of aliphatic imine (C=N–C) groups is 1. The predicted octanol–water partition coefficient (Wildman–Crippen LogP) is 2.75. The van der Waals surface area contributed by atoms with E-state index in [1.54, 1.807) is 31.3 Å². The highest BCUT2D eigenvalue weighted by Gasteiger charge is 2.42. The van der Waals surface area contributed by atoms with Gasteiger partial charge in [0.2, 0.25) is 5.91 Å². The van der Waals surface area contributed by atoms with Gasteiger partial charge in [-0.1, -0.05) is 26.0 Å². The zero-order valence-electron chi connectivity index (χ0n) is 18.1. The third-order valence-corrected chi connectivity index (χ3v) is 5.29. The lowest BCUT2D eigenvalue weighted by atomic mass is 10.00. The van der Waals surface area contributed by atoms with E-state index in [4.69, 9.17) is 14.2 Å². The molecule has 2 heterocycles. The molecule has 0 bridgehead atoms.